The van der Waals surface area contributed by atoms with Crippen molar-refractivity contribution in [3.05, 3.63) is 59.2 Å². The molecule has 0 spiro atoms. The van der Waals surface area contributed by atoms with Crippen LogP contribution in [0, 0.1) is 6.92 Å². The van der Waals surface area contributed by atoms with E-state index < -0.39 is 16.7 Å². The van der Waals surface area contributed by atoms with E-state index in [2.05, 4.69) is 0 Å². The molecular weight excluding hydrogens is 418 g/mol. The first-order valence-corrected chi connectivity index (χ1v) is 11.8. The standard InChI is InChI=1S/C23H31NO6S/c1-16-8-9-18(19(10-11-29-3)13-23(25)26)12-20(16)15-24-14-17(2)30-21-6-4-5-7-22(21)31(24,27)28/h4-9,12,17,19,27-28H,10-11,13-15H2,1-3H3,(H,25,26)/t17-,19?/m1/s1. The predicted octanol–water partition coefficient (Wildman–Crippen LogP) is 4.90. The van der Waals surface area contributed by atoms with Gasteiger partial charge in [0.1, 0.15) is 16.7 Å². The molecule has 31 heavy (non-hydrogen) atoms. The van der Waals surface area contributed by atoms with Crippen LogP contribution in [-0.2, 0) is 16.1 Å². The lowest BCUT2D eigenvalue weighted by molar-refractivity contribution is -0.137. The van der Waals surface area contributed by atoms with Gasteiger partial charge >= 0.3 is 5.97 Å². The van der Waals surface area contributed by atoms with Crippen molar-refractivity contribution in [3.8, 4) is 5.75 Å². The van der Waals surface area contributed by atoms with Gasteiger partial charge in [-0.05, 0) is 55.0 Å². The number of aryl methyl sites for hydroxylation is 1. The van der Waals surface area contributed by atoms with Crippen molar-refractivity contribution in [3.63, 3.8) is 0 Å². The molecule has 1 heterocycles. The molecule has 1 aliphatic heterocycles. The number of hydrogen-bond acceptors (Lipinski definition) is 6. The van der Waals surface area contributed by atoms with E-state index in [0.717, 1.165) is 16.7 Å². The Morgan fingerprint density at radius 3 is 2.74 bits per heavy atom. The smallest absolute Gasteiger partial charge is 0.303 e. The van der Waals surface area contributed by atoms with E-state index in [4.69, 9.17) is 9.47 Å². The number of methoxy groups -OCH3 is 1. The molecule has 7 nitrogen and oxygen atoms in total. The Hall–Kier alpha value is -2.10. The first-order valence-electron chi connectivity index (χ1n) is 10.3. The van der Waals surface area contributed by atoms with Gasteiger partial charge in [0.05, 0.1) is 13.0 Å². The molecule has 3 rings (SSSR count). The molecular formula is C23H31NO6S. The highest BCUT2D eigenvalue weighted by Gasteiger charge is 2.34. The van der Waals surface area contributed by atoms with Gasteiger partial charge in [0, 0.05) is 20.3 Å². The minimum atomic E-state index is -3.24. The fourth-order valence-electron chi connectivity index (χ4n) is 3.88. The molecule has 0 aromatic heterocycles. The van der Waals surface area contributed by atoms with Gasteiger partial charge < -0.3 is 14.6 Å². The Morgan fingerprint density at radius 2 is 2.03 bits per heavy atom. The summed E-state index contributed by atoms with van der Waals surface area (Å²) in [5, 5.41) is 9.33. The number of hydrogen-bond donors (Lipinski definition) is 3. The minimum Gasteiger partial charge on any atom is -0.487 e. The van der Waals surface area contributed by atoms with Gasteiger partial charge in [0.2, 0.25) is 0 Å². The minimum absolute atomic E-state index is 0.0169. The molecule has 3 N–H and O–H groups in total. The van der Waals surface area contributed by atoms with Gasteiger partial charge in [0.25, 0.3) is 0 Å². The van der Waals surface area contributed by atoms with Crippen LogP contribution in [0.3, 0.4) is 0 Å². The first kappa shape index (κ1) is 23.6. The second kappa shape index (κ2) is 10.0. The van der Waals surface area contributed by atoms with Crippen LogP contribution in [-0.4, -0.2) is 50.9 Å². The van der Waals surface area contributed by atoms with Gasteiger partial charge in [-0.2, -0.15) is 4.31 Å². The highest BCUT2D eigenvalue weighted by atomic mass is 32.3. The van der Waals surface area contributed by atoms with Gasteiger partial charge in [-0.25, -0.2) is 0 Å². The third-order valence-electron chi connectivity index (χ3n) is 5.58. The van der Waals surface area contributed by atoms with Crippen LogP contribution in [0.5, 0.6) is 5.75 Å². The molecule has 1 unspecified atom stereocenters. The maximum absolute atomic E-state index is 11.4. The van der Waals surface area contributed by atoms with Gasteiger partial charge in [-0.3, -0.25) is 13.9 Å². The van der Waals surface area contributed by atoms with Crippen LogP contribution in [0.15, 0.2) is 47.4 Å². The molecule has 0 fully saturated rings. The molecule has 2 aromatic rings. The van der Waals surface area contributed by atoms with Crippen LogP contribution in [0.25, 0.3) is 0 Å². The number of ether oxygens (including phenoxy) is 2. The molecule has 0 bridgehead atoms. The largest absolute Gasteiger partial charge is 0.487 e. The van der Waals surface area contributed by atoms with Crippen LogP contribution in [0.2, 0.25) is 0 Å². The van der Waals surface area contributed by atoms with Gasteiger partial charge in [-0.1, -0.05) is 30.3 Å². The van der Waals surface area contributed by atoms with Crippen molar-refractivity contribution >= 4 is 16.7 Å². The third kappa shape index (κ3) is 5.58. The summed E-state index contributed by atoms with van der Waals surface area (Å²) in [5.74, 6) is -0.541. The zero-order valence-electron chi connectivity index (χ0n) is 18.2. The number of nitrogens with zero attached hydrogens (tertiary/aromatic N) is 1. The number of aliphatic carboxylic acids is 1. The number of carboxylic acid groups (broad SMARTS) is 1. The van der Waals surface area contributed by atoms with Crippen LogP contribution in [0.4, 0.5) is 0 Å². The highest BCUT2D eigenvalue weighted by Crippen LogP contribution is 2.57. The van der Waals surface area contributed by atoms with Crippen LogP contribution in [0.1, 0.15) is 42.4 Å². The molecule has 0 amide bonds. The molecule has 2 aromatic carbocycles. The molecule has 0 aliphatic carbocycles. The van der Waals surface area contributed by atoms with Gasteiger partial charge in [-0.15, -0.1) is 10.8 Å². The monoisotopic (exact) mass is 449 g/mol. The lowest BCUT2D eigenvalue weighted by Crippen LogP contribution is -2.33. The molecule has 170 valence electrons. The van der Waals surface area contributed by atoms with E-state index in [9.17, 15) is 19.0 Å². The van der Waals surface area contributed by atoms with Crippen molar-refractivity contribution in [1.29, 1.82) is 0 Å². The maximum atomic E-state index is 11.4. The van der Waals surface area contributed by atoms with Crippen molar-refractivity contribution in [2.75, 3.05) is 20.3 Å². The number of carboxylic acids is 1. The summed E-state index contributed by atoms with van der Waals surface area (Å²) in [6.07, 6.45) is 0.394. The summed E-state index contributed by atoms with van der Waals surface area (Å²) in [6.45, 7) is 5.01. The zero-order valence-corrected chi connectivity index (χ0v) is 19.0. The fourth-order valence-corrected chi connectivity index (χ4v) is 5.54. The summed E-state index contributed by atoms with van der Waals surface area (Å²) < 4.78 is 35.0. The summed E-state index contributed by atoms with van der Waals surface area (Å²) >= 11 is 0. The van der Waals surface area contributed by atoms with E-state index in [1.807, 2.05) is 38.1 Å². The van der Waals surface area contributed by atoms with E-state index in [1.165, 1.54) is 0 Å². The Balaban J connectivity index is 1.92. The fraction of sp³-hybridized carbons (Fsp3) is 0.435. The Kier molecular flexibility index (Phi) is 7.61. The second-order valence-electron chi connectivity index (χ2n) is 7.98. The lowest BCUT2D eigenvalue weighted by Gasteiger charge is -2.42. The number of benzene rings is 2. The Morgan fingerprint density at radius 1 is 1.29 bits per heavy atom. The number of fused-ring (bicyclic) bond motifs is 1. The van der Waals surface area contributed by atoms with E-state index in [0.29, 0.717) is 36.8 Å². The SMILES string of the molecule is COCCC(CC(=O)O)c1ccc(C)c(CN2C[C@@H](C)Oc3ccccc3S2(O)O)c1. The van der Waals surface area contributed by atoms with E-state index >= 15 is 0 Å². The second-order valence-corrected chi connectivity index (χ2v) is 9.97. The first-order chi connectivity index (χ1) is 14.7. The number of carbonyl (C=O) groups is 1. The number of para-hydroxylation sites is 1. The van der Waals surface area contributed by atoms with Crippen molar-refractivity contribution in [2.24, 2.45) is 0 Å². The summed E-state index contributed by atoms with van der Waals surface area (Å²) in [6, 6.07) is 12.9. The molecule has 0 radical (unpaired) electrons. The van der Waals surface area contributed by atoms with E-state index in [-0.39, 0.29) is 18.4 Å². The summed E-state index contributed by atoms with van der Waals surface area (Å²) in [7, 11) is -1.64. The van der Waals surface area contributed by atoms with Crippen LogP contribution >= 0.6 is 10.8 Å². The Bertz CT molecular complexity index is 919. The average molecular weight is 450 g/mol. The average Bonchev–Trinajstić information content (AvgIpc) is 2.80. The van der Waals surface area contributed by atoms with Crippen molar-refractivity contribution < 1.29 is 28.5 Å². The lowest BCUT2D eigenvalue weighted by atomic mass is 9.90. The molecule has 0 saturated carbocycles. The van der Waals surface area contributed by atoms with Gasteiger partial charge in [0.15, 0.2) is 0 Å². The molecule has 1 aliphatic rings. The van der Waals surface area contributed by atoms with Crippen molar-refractivity contribution in [1.82, 2.24) is 4.31 Å². The topological polar surface area (TPSA) is 99.5 Å². The molecule has 8 heteroatoms. The zero-order chi connectivity index (χ0) is 22.6. The molecule has 2 atom stereocenters. The maximum Gasteiger partial charge on any atom is 0.303 e. The predicted molar refractivity (Wildman–Crippen MR) is 121 cm³/mol. The van der Waals surface area contributed by atoms with Crippen molar-refractivity contribution in [2.45, 2.75) is 50.2 Å². The summed E-state index contributed by atoms with van der Waals surface area (Å²) in [4.78, 5) is 11.8. The normalized spacial score (nSPS) is 20.2. The number of rotatable bonds is 8. The molecule has 0 saturated heterocycles. The van der Waals surface area contributed by atoms with Crippen LogP contribution < -0.4 is 4.74 Å². The highest BCUT2D eigenvalue weighted by molar-refractivity contribution is 8.22. The third-order valence-corrected chi connectivity index (χ3v) is 7.50. The Labute approximate surface area is 185 Å². The summed E-state index contributed by atoms with van der Waals surface area (Å²) in [5.41, 5.74) is 2.85. The van der Waals surface area contributed by atoms with E-state index in [1.54, 1.807) is 29.6 Å². The quantitative estimate of drug-likeness (QED) is 0.527.